The summed E-state index contributed by atoms with van der Waals surface area (Å²) in [5.41, 5.74) is 4.35. The van der Waals surface area contributed by atoms with Gasteiger partial charge >= 0.3 is 0 Å². The van der Waals surface area contributed by atoms with Gasteiger partial charge in [0.25, 0.3) is 0 Å². The maximum absolute atomic E-state index is 12.5. The van der Waals surface area contributed by atoms with Gasteiger partial charge in [-0.25, -0.2) is 0 Å². The monoisotopic (exact) mass is 282 g/mol. The molecule has 0 saturated carbocycles. The van der Waals surface area contributed by atoms with Crippen LogP contribution in [0.1, 0.15) is 36.5 Å². The fourth-order valence-electron chi connectivity index (χ4n) is 2.45. The number of hydrogen-bond acceptors (Lipinski definition) is 2. The lowest BCUT2D eigenvalue weighted by molar-refractivity contribution is -0.118. The zero-order valence-corrected chi connectivity index (χ0v) is 13.0. The van der Waals surface area contributed by atoms with Crippen LogP contribution in [0.3, 0.4) is 0 Å². The molecule has 3 nitrogen and oxygen atoms in total. The molecule has 0 bridgehead atoms. The predicted octanol–water partition coefficient (Wildman–Crippen LogP) is 4.03. The van der Waals surface area contributed by atoms with Gasteiger partial charge in [-0.1, -0.05) is 19.1 Å². The van der Waals surface area contributed by atoms with E-state index in [1.54, 1.807) is 6.20 Å². The Bertz CT molecular complexity index is 588. The number of amides is 1. The van der Waals surface area contributed by atoms with E-state index in [9.17, 15) is 4.79 Å². The highest BCUT2D eigenvalue weighted by molar-refractivity contribution is 5.93. The fraction of sp³-hybridized carbons (Fsp3) is 0.333. The van der Waals surface area contributed by atoms with Crippen LogP contribution in [0.2, 0.25) is 0 Å². The van der Waals surface area contributed by atoms with Crippen molar-refractivity contribution in [2.75, 3.05) is 4.90 Å². The summed E-state index contributed by atoms with van der Waals surface area (Å²) in [5, 5.41) is 0. The van der Waals surface area contributed by atoms with E-state index in [1.165, 1.54) is 11.1 Å². The number of nitrogens with zero attached hydrogens (tertiary/aromatic N) is 2. The molecule has 2 aromatic rings. The van der Waals surface area contributed by atoms with Crippen LogP contribution in [0.4, 0.5) is 5.69 Å². The van der Waals surface area contributed by atoms with Crippen LogP contribution in [-0.2, 0) is 11.3 Å². The molecule has 0 unspecified atom stereocenters. The van der Waals surface area contributed by atoms with Gasteiger partial charge in [-0.15, -0.1) is 0 Å². The predicted molar refractivity (Wildman–Crippen MR) is 86.3 cm³/mol. The topological polar surface area (TPSA) is 33.2 Å². The van der Waals surface area contributed by atoms with Crippen LogP contribution in [0.15, 0.2) is 42.7 Å². The van der Waals surface area contributed by atoms with Crippen molar-refractivity contribution in [3.05, 3.63) is 59.4 Å². The molecule has 0 saturated heterocycles. The molecule has 0 aliphatic rings. The van der Waals surface area contributed by atoms with Gasteiger partial charge in [-0.05, 0) is 55.2 Å². The molecule has 21 heavy (non-hydrogen) atoms. The molecule has 0 N–H and O–H groups in total. The van der Waals surface area contributed by atoms with Gasteiger partial charge in [0.1, 0.15) is 0 Å². The van der Waals surface area contributed by atoms with Gasteiger partial charge in [0.05, 0.1) is 6.54 Å². The highest BCUT2D eigenvalue weighted by atomic mass is 16.2. The van der Waals surface area contributed by atoms with Gasteiger partial charge in [0, 0.05) is 24.5 Å². The lowest BCUT2D eigenvalue weighted by Gasteiger charge is -2.24. The summed E-state index contributed by atoms with van der Waals surface area (Å²) in [6, 6.07) is 10.2. The van der Waals surface area contributed by atoms with E-state index in [-0.39, 0.29) is 5.91 Å². The van der Waals surface area contributed by atoms with Crippen molar-refractivity contribution in [2.45, 2.75) is 40.2 Å². The quantitative estimate of drug-likeness (QED) is 0.829. The molecule has 0 aliphatic heterocycles. The zero-order chi connectivity index (χ0) is 15.2. The van der Waals surface area contributed by atoms with Crippen molar-refractivity contribution in [3.63, 3.8) is 0 Å². The van der Waals surface area contributed by atoms with Crippen molar-refractivity contribution in [1.29, 1.82) is 0 Å². The van der Waals surface area contributed by atoms with E-state index in [1.807, 2.05) is 30.2 Å². The Balaban J connectivity index is 2.33. The zero-order valence-electron chi connectivity index (χ0n) is 13.0. The third kappa shape index (κ3) is 4.15. The van der Waals surface area contributed by atoms with Gasteiger partial charge in [-0.2, -0.15) is 0 Å². The van der Waals surface area contributed by atoms with Crippen LogP contribution in [0, 0.1) is 13.8 Å². The second-order valence-corrected chi connectivity index (χ2v) is 5.44. The van der Waals surface area contributed by atoms with E-state index in [0.717, 1.165) is 17.7 Å². The Morgan fingerprint density at radius 3 is 2.48 bits per heavy atom. The number of carbonyl (C=O) groups excluding carboxylic acids is 1. The molecule has 0 fully saturated rings. The minimum atomic E-state index is 0.159. The summed E-state index contributed by atoms with van der Waals surface area (Å²) in [6.07, 6.45) is 4.98. The molecule has 1 heterocycles. The molecular weight excluding hydrogens is 260 g/mol. The first-order valence-corrected chi connectivity index (χ1v) is 7.37. The number of benzene rings is 1. The van der Waals surface area contributed by atoms with Crippen LogP contribution >= 0.6 is 0 Å². The fourth-order valence-corrected chi connectivity index (χ4v) is 2.45. The normalized spacial score (nSPS) is 10.4. The molecule has 0 radical (unpaired) electrons. The second-order valence-electron chi connectivity index (χ2n) is 5.44. The van der Waals surface area contributed by atoms with Crippen LogP contribution in [-0.4, -0.2) is 10.9 Å². The van der Waals surface area contributed by atoms with Crippen molar-refractivity contribution < 1.29 is 4.79 Å². The molecule has 1 aromatic carbocycles. The van der Waals surface area contributed by atoms with E-state index in [4.69, 9.17) is 0 Å². The minimum Gasteiger partial charge on any atom is -0.308 e. The van der Waals surface area contributed by atoms with E-state index in [0.29, 0.717) is 13.0 Å². The number of rotatable bonds is 5. The molecule has 0 spiro atoms. The highest BCUT2D eigenvalue weighted by Gasteiger charge is 2.16. The number of hydrogen-bond donors (Lipinski definition) is 0. The molecule has 0 atom stereocenters. The third-order valence-electron chi connectivity index (χ3n) is 3.35. The third-order valence-corrected chi connectivity index (χ3v) is 3.35. The summed E-state index contributed by atoms with van der Waals surface area (Å²) in [7, 11) is 0. The standard InChI is InChI=1S/C18H22N2O/c1-4-6-18(21)20(13-16-7-5-8-19-12-16)17-10-14(2)9-15(3)11-17/h5,7-12H,4,6,13H2,1-3H3. The lowest BCUT2D eigenvalue weighted by atomic mass is 10.1. The first-order chi connectivity index (χ1) is 10.1. The molecular formula is C18H22N2O. The Morgan fingerprint density at radius 1 is 1.19 bits per heavy atom. The second kappa shape index (κ2) is 7.02. The molecule has 0 aliphatic carbocycles. The molecule has 1 amide bonds. The highest BCUT2D eigenvalue weighted by Crippen LogP contribution is 2.22. The van der Waals surface area contributed by atoms with Crippen LogP contribution < -0.4 is 4.90 Å². The molecule has 110 valence electrons. The van der Waals surface area contributed by atoms with Gasteiger partial charge in [-0.3, -0.25) is 9.78 Å². The smallest absolute Gasteiger partial charge is 0.227 e. The van der Waals surface area contributed by atoms with E-state index in [2.05, 4.69) is 37.0 Å². The first-order valence-electron chi connectivity index (χ1n) is 7.37. The molecule has 2 rings (SSSR count). The van der Waals surface area contributed by atoms with Gasteiger partial charge in [0.2, 0.25) is 5.91 Å². The first kappa shape index (κ1) is 15.2. The number of anilines is 1. The summed E-state index contributed by atoms with van der Waals surface area (Å²) >= 11 is 0. The van der Waals surface area contributed by atoms with Crippen molar-refractivity contribution in [3.8, 4) is 0 Å². The van der Waals surface area contributed by atoms with Crippen LogP contribution in [0.5, 0.6) is 0 Å². The Labute approximate surface area is 126 Å². The maximum Gasteiger partial charge on any atom is 0.227 e. The maximum atomic E-state index is 12.5. The SMILES string of the molecule is CCCC(=O)N(Cc1cccnc1)c1cc(C)cc(C)c1. The number of pyridine rings is 1. The average Bonchev–Trinajstić information content (AvgIpc) is 2.45. The van der Waals surface area contributed by atoms with E-state index >= 15 is 0 Å². The van der Waals surface area contributed by atoms with Crippen molar-refractivity contribution in [1.82, 2.24) is 4.98 Å². The van der Waals surface area contributed by atoms with E-state index < -0.39 is 0 Å². The Morgan fingerprint density at radius 2 is 1.90 bits per heavy atom. The number of aromatic nitrogens is 1. The van der Waals surface area contributed by atoms with Crippen LogP contribution in [0.25, 0.3) is 0 Å². The van der Waals surface area contributed by atoms with Crippen molar-refractivity contribution in [2.24, 2.45) is 0 Å². The Hall–Kier alpha value is -2.16. The number of carbonyl (C=O) groups is 1. The molecule has 3 heteroatoms. The summed E-state index contributed by atoms with van der Waals surface area (Å²) < 4.78 is 0. The molecule has 1 aromatic heterocycles. The lowest BCUT2D eigenvalue weighted by Crippen LogP contribution is -2.30. The Kier molecular flexibility index (Phi) is 5.09. The summed E-state index contributed by atoms with van der Waals surface area (Å²) in [5.74, 6) is 0.159. The number of aryl methyl sites for hydroxylation is 2. The van der Waals surface area contributed by atoms with Crippen molar-refractivity contribution >= 4 is 11.6 Å². The summed E-state index contributed by atoms with van der Waals surface area (Å²) in [6.45, 7) is 6.71. The van der Waals surface area contributed by atoms with Gasteiger partial charge < -0.3 is 4.90 Å². The van der Waals surface area contributed by atoms with Gasteiger partial charge in [0.15, 0.2) is 0 Å². The largest absolute Gasteiger partial charge is 0.308 e. The summed E-state index contributed by atoms with van der Waals surface area (Å²) in [4.78, 5) is 18.5. The average molecular weight is 282 g/mol. The minimum absolute atomic E-state index is 0.159.